The lowest BCUT2D eigenvalue weighted by Gasteiger charge is -2.32. The molecule has 0 aliphatic rings. The summed E-state index contributed by atoms with van der Waals surface area (Å²) in [4.78, 5) is 12.3. The molecule has 1 atom stereocenters. The van der Waals surface area contributed by atoms with Crippen LogP contribution < -0.4 is 11.1 Å². The molecule has 0 saturated heterocycles. The second-order valence-electron chi connectivity index (χ2n) is 4.81. The van der Waals surface area contributed by atoms with Gasteiger partial charge in [-0.25, -0.2) is 0 Å². The minimum atomic E-state index is -0.264. The molecule has 0 bridgehead atoms. The summed E-state index contributed by atoms with van der Waals surface area (Å²) in [6.45, 7) is 6.53. The highest BCUT2D eigenvalue weighted by atomic mass is 16.2. The molecule has 100 valence electrons. The Labute approximate surface area is 110 Å². The summed E-state index contributed by atoms with van der Waals surface area (Å²) >= 11 is 0. The molecule has 0 saturated carbocycles. The zero-order valence-corrected chi connectivity index (χ0v) is 11.6. The Hall–Kier alpha value is -1.35. The van der Waals surface area contributed by atoms with Gasteiger partial charge in [0.05, 0.1) is 11.5 Å². The van der Waals surface area contributed by atoms with Crippen molar-refractivity contribution in [2.45, 2.75) is 45.1 Å². The van der Waals surface area contributed by atoms with Crippen molar-refractivity contribution < 1.29 is 4.79 Å². The maximum atomic E-state index is 12.3. The van der Waals surface area contributed by atoms with Crippen molar-refractivity contribution in [3.63, 3.8) is 0 Å². The van der Waals surface area contributed by atoms with Gasteiger partial charge < -0.3 is 11.1 Å². The van der Waals surface area contributed by atoms with Gasteiger partial charge in [-0.3, -0.25) is 4.79 Å². The van der Waals surface area contributed by atoms with Gasteiger partial charge in [-0.15, -0.1) is 0 Å². The van der Waals surface area contributed by atoms with Crippen LogP contribution in [0.3, 0.4) is 0 Å². The molecule has 0 aliphatic carbocycles. The van der Waals surface area contributed by atoms with Gasteiger partial charge in [0.15, 0.2) is 0 Å². The number of nitrogens with one attached hydrogen (secondary N) is 1. The minimum absolute atomic E-state index is 0.0513. The lowest BCUT2D eigenvalue weighted by molar-refractivity contribution is -0.124. The van der Waals surface area contributed by atoms with Crippen LogP contribution in [0.5, 0.6) is 0 Å². The molecule has 1 aromatic rings. The molecule has 1 unspecified atom stereocenters. The normalized spacial score (nSPS) is 13.1. The maximum Gasteiger partial charge on any atom is 0.227 e. The second kappa shape index (κ2) is 6.55. The Balaban J connectivity index is 2.76. The molecule has 0 spiro atoms. The van der Waals surface area contributed by atoms with Gasteiger partial charge in [-0.05, 0) is 25.3 Å². The van der Waals surface area contributed by atoms with Gasteiger partial charge in [-0.2, -0.15) is 0 Å². The van der Waals surface area contributed by atoms with Gasteiger partial charge in [-0.1, -0.05) is 44.2 Å². The van der Waals surface area contributed by atoms with Crippen molar-refractivity contribution in [2.75, 3.05) is 6.54 Å². The van der Waals surface area contributed by atoms with Crippen LogP contribution in [-0.2, 0) is 4.79 Å². The molecular weight excluding hydrogens is 224 g/mol. The van der Waals surface area contributed by atoms with E-state index in [-0.39, 0.29) is 17.4 Å². The Kier molecular flexibility index (Phi) is 5.35. The standard InChI is InChI=1S/C15H24N2O/c1-4-15(5-2,11-16)17-14(18)12(3)13-9-7-6-8-10-13/h6-10,12H,4-5,11,16H2,1-3H3,(H,17,18). The monoisotopic (exact) mass is 248 g/mol. The largest absolute Gasteiger partial charge is 0.349 e. The van der Waals surface area contributed by atoms with Crippen molar-refractivity contribution in [3.05, 3.63) is 35.9 Å². The lowest BCUT2D eigenvalue weighted by Crippen LogP contribution is -2.53. The van der Waals surface area contributed by atoms with Crippen molar-refractivity contribution in [1.29, 1.82) is 0 Å². The molecule has 3 nitrogen and oxygen atoms in total. The zero-order valence-electron chi connectivity index (χ0n) is 11.6. The molecule has 18 heavy (non-hydrogen) atoms. The van der Waals surface area contributed by atoms with E-state index in [0.29, 0.717) is 6.54 Å². The van der Waals surface area contributed by atoms with E-state index in [9.17, 15) is 4.79 Å². The van der Waals surface area contributed by atoms with Gasteiger partial charge in [0.2, 0.25) is 5.91 Å². The summed E-state index contributed by atoms with van der Waals surface area (Å²) < 4.78 is 0. The van der Waals surface area contributed by atoms with Crippen LogP contribution >= 0.6 is 0 Å². The van der Waals surface area contributed by atoms with E-state index in [0.717, 1.165) is 18.4 Å². The number of carbonyl (C=O) groups excluding carboxylic acids is 1. The summed E-state index contributed by atoms with van der Waals surface area (Å²) in [6.07, 6.45) is 1.71. The van der Waals surface area contributed by atoms with Gasteiger partial charge in [0, 0.05) is 6.54 Å². The third-order valence-electron chi connectivity index (χ3n) is 3.83. The van der Waals surface area contributed by atoms with E-state index in [1.807, 2.05) is 37.3 Å². The van der Waals surface area contributed by atoms with Crippen LogP contribution in [0.1, 0.15) is 45.1 Å². The zero-order chi connectivity index (χ0) is 13.6. The molecule has 1 aromatic carbocycles. The summed E-state index contributed by atoms with van der Waals surface area (Å²) in [5.41, 5.74) is 6.57. The van der Waals surface area contributed by atoms with Crippen LogP contribution in [0.25, 0.3) is 0 Å². The average Bonchev–Trinajstić information content (AvgIpc) is 2.45. The molecule has 0 aliphatic heterocycles. The molecule has 0 heterocycles. The fourth-order valence-corrected chi connectivity index (χ4v) is 2.03. The van der Waals surface area contributed by atoms with E-state index in [4.69, 9.17) is 5.73 Å². The van der Waals surface area contributed by atoms with Crippen molar-refractivity contribution in [1.82, 2.24) is 5.32 Å². The van der Waals surface area contributed by atoms with Crippen LogP contribution in [0.2, 0.25) is 0 Å². The highest BCUT2D eigenvalue weighted by Crippen LogP contribution is 2.19. The Morgan fingerprint density at radius 3 is 2.28 bits per heavy atom. The number of hydrogen-bond acceptors (Lipinski definition) is 2. The van der Waals surface area contributed by atoms with Gasteiger partial charge in [0.1, 0.15) is 0 Å². The van der Waals surface area contributed by atoms with E-state index in [2.05, 4.69) is 19.2 Å². The number of benzene rings is 1. The Morgan fingerprint density at radius 2 is 1.83 bits per heavy atom. The van der Waals surface area contributed by atoms with E-state index in [1.165, 1.54) is 0 Å². The fourth-order valence-electron chi connectivity index (χ4n) is 2.03. The minimum Gasteiger partial charge on any atom is -0.349 e. The number of amides is 1. The summed E-state index contributed by atoms with van der Waals surface area (Å²) in [5, 5.41) is 3.11. The summed E-state index contributed by atoms with van der Waals surface area (Å²) in [6, 6.07) is 9.82. The number of nitrogens with two attached hydrogens (primary N) is 1. The first kappa shape index (κ1) is 14.7. The molecule has 0 radical (unpaired) electrons. The van der Waals surface area contributed by atoms with Crippen LogP contribution in [0, 0.1) is 0 Å². The third-order valence-corrected chi connectivity index (χ3v) is 3.83. The molecule has 1 rings (SSSR count). The fraction of sp³-hybridized carbons (Fsp3) is 0.533. The SMILES string of the molecule is CCC(CC)(CN)NC(=O)C(C)c1ccccc1. The average molecular weight is 248 g/mol. The predicted octanol–water partition coefficient (Wildman–Crippen LogP) is 2.42. The van der Waals surface area contributed by atoms with Crippen LogP contribution in [0.15, 0.2) is 30.3 Å². The first-order valence-electron chi connectivity index (χ1n) is 6.65. The first-order valence-corrected chi connectivity index (χ1v) is 6.65. The second-order valence-corrected chi connectivity index (χ2v) is 4.81. The lowest BCUT2D eigenvalue weighted by atomic mass is 9.91. The Morgan fingerprint density at radius 1 is 1.28 bits per heavy atom. The molecular formula is C15H24N2O. The quantitative estimate of drug-likeness (QED) is 0.812. The number of rotatable bonds is 6. The number of carbonyl (C=O) groups is 1. The van der Waals surface area contributed by atoms with E-state index in [1.54, 1.807) is 0 Å². The van der Waals surface area contributed by atoms with Gasteiger partial charge in [0.25, 0.3) is 0 Å². The Bertz CT molecular complexity index is 363. The highest BCUT2D eigenvalue weighted by Gasteiger charge is 2.28. The molecule has 1 amide bonds. The van der Waals surface area contributed by atoms with E-state index < -0.39 is 0 Å². The van der Waals surface area contributed by atoms with Crippen LogP contribution in [0.4, 0.5) is 0 Å². The smallest absolute Gasteiger partial charge is 0.227 e. The summed E-state index contributed by atoms with van der Waals surface area (Å²) in [7, 11) is 0. The van der Waals surface area contributed by atoms with Crippen molar-refractivity contribution >= 4 is 5.91 Å². The molecule has 0 aromatic heterocycles. The predicted molar refractivity (Wildman–Crippen MR) is 75.4 cm³/mol. The molecule has 3 N–H and O–H groups in total. The first-order chi connectivity index (χ1) is 8.58. The number of hydrogen-bond donors (Lipinski definition) is 2. The summed E-state index contributed by atoms with van der Waals surface area (Å²) in [5.74, 6) is -0.0921. The van der Waals surface area contributed by atoms with E-state index >= 15 is 0 Å². The van der Waals surface area contributed by atoms with Gasteiger partial charge >= 0.3 is 0 Å². The third kappa shape index (κ3) is 3.33. The topological polar surface area (TPSA) is 55.1 Å². The van der Waals surface area contributed by atoms with Crippen molar-refractivity contribution in [2.24, 2.45) is 5.73 Å². The molecule has 0 fully saturated rings. The highest BCUT2D eigenvalue weighted by molar-refractivity contribution is 5.83. The molecule has 3 heteroatoms. The van der Waals surface area contributed by atoms with Crippen molar-refractivity contribution in [3.8, 4) is 0 Å². The maximum absolute atomic E-state index is 12.3. The van der Waals surface area contributed by atoms with Crippen LogP contribution in [-0.4, -0.2) is 18.0 Å².